The van der Waals surface area contributed by atoms with Crippen LogP contribution in [0.1, 0.15) is 18.1 Å². The van der Waals surface area contributed by atoms with Crippen molar-refractivity contribution in [1.29, 1.82) is 0 Å². The first kappa shape index (κ1) is 19.9. The molecule has 1 aliphatic heterocycles. The number of thiocarbonyl (C=S) groups is 1. The van der Waals surface area contributed by atoms with Crippen molar-refractivity contribution in [2.24, 2.45) is 0 Å². The molecule has 0 atom stereocenters. The van der Waals surface area contributed by atoms with Crippen LogP contribution in [0.5, 0.6) is 11.5 Å². The van der Waals surface area contributed by atoms with Crippen LogP contribution in [0, 0.1) is 6.92 Å². The highest BCUT2D eigenvalue weighted by Gasteiger charge is 2.33. The van der Waals surface area contributed by atoms with Crippen molar-refractivity contribution in [1.82, 2.24) is 0 Å². The van der Waals surface area contributed by atoms with Crippen molar-refractivity contribution in [3.05, 3.63) is 56.9 Å². The third-order valence-electron chi connectivity index (χ3n) is 3.89. The van der Waals surface area contributed by atoms with E-state index in [0.717, 1.165) is 21.3 Å². The minimum absolute atomic E-state index is 0.125. The topological polar surface area (TPSA) is 38.8 Å². The zero-order valence-electron chi connectivity index (χ0n) is 15.1. The van der Waals surface area contributed by atoms with Gasteiger partial charge in [0.2, 0.25) is 0 Å². The van der Waals surface area contributed by atoms with Crippen molar-refractivity contribution in [3.63, 3.8) is 0 Å². The third kappa shape index (κ3) is 4.20. The Balaban J connectivity index is 1.96. The summed E-state index contributed by atoms with van der Waals surface area (Å²) in [6.07, 6.45) is 1.82. The molecular formula is C20H18BrNO3S2. The van der Waals surface area contributed by atoms with Gasteiger partial charge in [-0.15, -0.1) is 0 Å². The second-order valence-corrected chi connectivity index (χ2v) is 8.35. The molecule has 140 valence electrons. The van der Waals surface area contributed by atoms with E-state index >= 15 is 0 Å². The fraction of sp³-hybridized carbons (Fsp3) is 0.200. The molecule has 0 bridgehead atoms. The predicted molar refractivity (Wildman–Crippen MR) is 119 cm³/mol. The first-order chi connectivity index (χ1) is 12.9. The lowest BCUT2D eigenvalue weighted by molar-refractivity contribution is -0.113. The molecular weight excluding hydrogens is 446 g/mol. The van der Waals surface area contributed by atoms with E-state index < -0.39 is 0 Å². The van der Waals surface area contributed by atoms with E-state index in [-0.39, 0.29) is 5.91 Å². The number of aryl methyl sites for hydroxylation is 1. The SMILES string of the molecule is CCOc1cc(/C=C2\SC(=S)N(c3cccc(C)c3)C2=O)cc(Br)c1OC. The van der Waals surface area contributed by atoms with Gasteiger partial charge in [0.1, 0.15) is 0 Å². The van der Waals surface area contributed by atoms with Crippen molar-refractivity contribution >= 4 is 61.9 Å². The largest absolute Gasteiger partial charge is 0.492 e. The smallest absolute Gasteiger partial charge is 0.270 e. The Morgan fingerprint density at radius 2 is 2.07 bits per heavy atom. The van der Waals surface area contributed by atoms with Gasteiger partial charge in [0, 0.05) is 0 Å². The number of ether oxygens (including phenoxy) is 2. The molecule has 0 N–H and O–H groups in total. The van der Waals surface area contributed by atoms with Crippen LogP contribution in [0.2, 0.25) is 0 Å². The van der Waals surface area contributed by atoms with Gasteiger partial charge in [-0.3, -0.25) is 9.69 Å². The Morgan fingerprint density at radius 1 is 1.30 bits per heavy atom. The van der Waals surface area contributed by atoms with Crippen LogP contribution < -0.4 is 14.4 Å². The molecule has 0 saturated carbocycles. The first-order valence-corrected chi connectivity index (χ1v) is 10.3. The van der Waals surface area contributed by atoms with E-state index in [1.807, 2.05) is 56.3 Å². The molecule has 1 heterocycles. The quantitative estimate of drug-likeness (QED) is 0.427. The Labute approximate surface area is 176 Å². The third-order valence-corrected chi connectivity index (χ3v) is 5.78. The molecule has 1 fully saturated rings. The van der Waals surface area contributed by atoms with Gasteiger partial charge in [0.25, 0.3) is 5.91 Å². The van der Waals surface area contributed by atoms with Crippen molar-refractivity contribution in [2.45, 2.75) is 13.8 Å². The van der Waals surface area contributed by atoms with Gasteiger partial charge in [0.15, 0.2) is 15.8 Å². The van der Waals surface area contributed by atoms with E-state index in [2.05, 4.69) is 15.9 Å². The number of halogens is 1. The van der Waals surface area contributed by atoms with Crippen molar-refractivity contribution < 1.29 is 14.3 Å². The van der Waals surface area contributed by atoms with Crippen LogP contribution in [-0.4, -0.2) is 23.9 Å². The molecule has 0 aliphatic carbocycles. The summed E-state index contributed by atoms with van der Waals surface area (Å²) in [6.45, 7) is 4.41. The number of carbonyl (C=O) groups excluding carboxylic acids is 1. The van der Waals surface area contributed by atoms with E-state index in [1.54, 1.807) is 12.0 Å². The van der Waals surface area contributed by atoms with Gasteiger partial charge in [0.05, 0.1) is 28.8 Å². The molecule has 1 saturated heterocycles. The molecule has 1 amide bonds. The van der Waals surface area contributed by atoms with E-state index in [0.29, 0.717) is 27.3 Å². The summed E-state index contributed by atoms with van der Waals surface area (Å²) >= 11 is 10.2. The second-order valence-electron chi connectivity index (χ2n) is 5.82. The number of hydrogen-bond donors (Lipinski definition) is 0. The Bertz CT molecular complexity index is 943. The molecule has 1 aliphatic rings. The summed E-state index contributed by atoms with van der Waals surface area (Å²) < 4.78 is 12.3. The molecule has 7 heteroatoms. The average molecular weight is 464 g/mol. The number of anilines is 1. The zero-order chi connectivity index (χ0) is 19.6. The Morgan fingerprint density at radius 3 is 2.74 bits per heavy atom. The van der Waals surface area contributed by atoms with Crippen LogP contribution in [0.15, 0.2) is 45.8 Å². The molecule has 3 rings (SSSR count). The summed E-state index contributed by atoms with van der Waals surface area (Å²) in [5.74, 6) is 1.12. The number of methoxy groups -OCH3 is 1. The summed E-state index contributed by atoms with van der Waals surface area (Å²) in [7, 11) is 1.59. The summed E-state index contributed by atoms with van der Waals surface area (Å²) in [6, 6.07) is 11.5. The number of hydrogen-bond acceptors (Lipinski definition) is 5. The Kier molecular flexibility index (Phi) is 6.24. The van der Waals surface area contributed by atoms with Gasteiger partial charge in [-0.1, -0.05) is 36.1 Å². The summed E-state index contributed by atoms with van der Waals surface area (Å²) in [4.78, 5) is 15.1. The van der Waals surface area contributed by atoms with Crippen molar-refractivity contribution in [2.75, 3.05) is 18.6 Å². The molecule has 2 aromatic carbocycles. The molecule has 4 nitrogen and oxygen atoms in total. The maximum atomic E-state index is 12.9. The van der Waals surface area contributed by atoms with Gasteiger partial charge < -0.3 is 9.47 Å². The lowest BCUT2D eigenvalue weighted by atomic mass is 10.1. The predicted octanol–water partition coefficient (Wildman–Crippen LogP) is 5.57. The molecule has 0 aromatic heterocycles. The normalized spacial score (nSPS) is 15.6. The molecule has 0 radical (unpaired) electrons. The van der Waals surface area contributed by atoms with E-state index in [1.165, 1.54) is 11.8 Å². The fourth-order valence-corrected chi connectivity index (χ4v) is 4.66. The minimum Gasteiger partial charge on any atom is -0.492 e. The lowest BCUT2D eigenvalue weighted by Gasteiger charge is -2.15. The van der Waals surface area contributed by atoms with Crippen LogP contribution in [-0.2, 0) is 4.79 Å². The number of thioether (sulfide) groups is 1. The number of amides is 1. The highest BCUT2D eigenvalue weighted by molar-refractivity contribution is 9.10. The minimum atomic E-state index is -0.125. The molecule has 27 heavy (non-hydrogen) atoms. The Hall–Kier alpha value is -1.83. The van der Waals surface area contributed by atoms with Gasteiger partial charge in [-0.25, -0.2) is 0 Å². The molecule has 0 spiro atoms. The highest BCUT2D eigenvalue weighted by Crippen LogP contribution is 2.40. The van der Waals surface area contributed by atoms with E-state index in [9.17, 15) is 4.79 Å². The molecule has 2 aromatic rings. The van der Waals surface area contributed by atoms with Gasteiger partial charge >= 0.3 is 0 Å². The van der Waals surface area contributed by atoms with Crippen LogP contribution in [0.25, 0.3) is 6.08 Å². The standard InChI is InChI=1S/C20H18BrNO3S2/c1-4-25-16-10-13(9-15(21)18(16)24-3)11-17-19(23)22(20(26)27-17)14-7-5-6-12(2)8-14/h5-11H,4H2,1-3H3/b17-11-. The van der Waals surface area contributed by atoms with Crippen LogP contribution >= 0.6 is 39.9 Å². The summed E-state index contributed by atoms with van der Waals surface area (Å²) in [5, 5.41) is 0. The maximum Gasteiger partial charge on any atom is 0.270 e. The van der Waals surface area contributed by atoms with Crippen LogP contribution in [0.4, 0.5) is 5.69 Å². The molecule has 0 unspecified atom stereocenters. The number of carbonyl (C=O) groups is 1. The fourth-order valence-electron chi connectivity index (χ4n) is 2.74. The monoisotopic (exact) mass is 463 g/mol. The first-order valence-electron chi connectivity index (χ1n) is 8.29. The summed E-state index contributed by atoms with van der Waals surface area (Å²) in [5.41, 5.74) is 2.69. The van der Waals surface area contributed by atoms with Crippen molar-refractivity contribution in [3.8, 4) is 11.5 Å². The van der Waals surface area contributed by atoms with E-state index in [4.69, 9.17) is 21.7 Å². The zero-order valence-corrected chi connectivity index (χ0v) is 18.3. The van der Waals surface area contributed by atoms with Gasteiger partial charge in [-0.05, 0) is 71.2 Å². The number of benzene rings is 2. The second kappa shape index (κ2) is 8.46. The van der Waals surface area contributed by atoms with Gasteiger partial charge in [-0.2, -0.15) is 0 Å². The maximum absolute atomic E-state index is 12.9. The lowest BCUT2D eigenvalue weighted by Crippen LogP contribution is -2.27. The van der Waals surface area contributed by atoms with Crippen LogP contribution in [0.3, 0.4) is 0 Å². The number of rotatable bonds is 5. The number of nitrogens with zero attached hydrogens (tertiary/aromatic N) is 1. The average Bonchev–Trinajstić information content (AvgIpc) is 2.88. The highest BCUT2D eigenvalue weighted by atomic mass is 79.9.